The lowest BCUT2D eigenvalue weighted by Crippen LogP contribution is -2.08. The highest BCUT2D eigenvalue weighted by atomic mass is 35.5. The Balaban J connectivity index is 2.34. The van der Waals surface area contributed by atoms with Crippen molar-refractivity contribution in [2.45, 2.75) is 5.38 Å². The molecule has 18 heavy (non-hydrogen) atoms. The standard InChI is InChI=1S/C14H9Cl2FO/c15-12-7-6-10(17)8-11(12)14(18)13(16)9-4-2-1-3-5-9/h1-8,13H. The number of halogens is 3. The number of benzene rings is 2. The van der Waals surface area contributed by atoms with Gasteiger partial charge in [-0.1, -0.05) is 41.9 Å². The predicted octanol–water partition coefficient (Wildman–Crippen LogP) is 4.64. The molecule has 0 N–H and O–H groups in total. The topological polar surface area (TPSA) is 17.1 Å². The highest BCUT2D eigenvalue weighted by Crippen LogP contribution is 2.28. The van der Waals surface area contributed by atoms with E-state index in [0.717, 1.165) is 6.07 Å². The van der Waals surface area contributed by atoms with Crippen LogP contribution in [0.3, 0.4) is 0 Å². The lowest BCUT2D eigenvalue weighted by molar-refractivity contribution is 0.0987. The average Bonchev–Trinajstić information content (AvgIpc) is 2.41. The fourth-order valence-electron chi connectivity index (χ4n) is 1.60. The third-order valence-corrected chi connectivity index (χ3v) is 3.30. The Bertz CT molecular complexity index is 569. The monoisotopic (exact) mass is 282 g/mol. The first kappa shape index (κ1) is 13.1. The van der Waals surface area contributed by atoms with E-state index >= 15 is 0 Å². The van der Waals surface area contributed by atoms with Crippen LogP contribution in [0.2, 0.25) is 5.02 Å². The van der Waals surface area contributed by atoms with Crippen molar-refractivity contribution in [2.75, 3.05) is 0 Å². The Morgan fingerprint density at radius 3 is 2.44 bits per heavy atom. The second-order valence-electron chi connectivity index (χ2n) is 3.76. The summed E-state index contributed by atoms with van der Waals surface area (Å²) in [6, 6.07) is 12.5. The molecule has 2 rings (SSSR count). The van der Waals surface area contributed by atoms with Gasteiger partial charge in [0.2, 0.25) is 0 Å². The molecule has 0 fully saturated rings. The van der Waals surface area contributed by atoms with Gasteiger partial charge in [0.15, 0.2) is 5.78 Å². The zero-order valence-corrected chi connectivity index (χ0v) is 10.8. The zero-order chi connectivity index (χ0) is 13.1. The van der Waals surface area contributed by atoms with Crippen molar-refractivity contribution in [2.24, 2.45) is 0 Å². The normalized spacial score (nSPS) is 12.2. The fourth-order valence-corrected chi connectivity index (χ4v) is 2.07. The van der Waals surface area contributed by atoms with Gasteiger partial charge in [0.25, 0.3) is 0 Å². The van der Waals surface area contributed by atoms with Crippen molar-refractivity contribution in [1.29, 1.82) is 0 Å². The maximum atomic E-state index is 13.1. The second-order valence-corrected chi connectivity index (χ2v) is 4.61. The van der Waals surface area contributed by atoms with Crippen LogP contribution in [0, 0.1) is 5.82 Å². The predicted molar refractivity (Wildman–Crippen MR) is 70.8 cm³/mol. The molecule has 0 saturated carbocycles. The highest BCUT2D eigenvalue weighted by molar-refractivity contribution is 6.38. The lowest BCUT2D eigenvalue weighted by Gasteiger charge is -2.10. The summed E-state index contributed by atoms with van der Waals surface area (Å²) in [5, 5.41) is -0.673. The fraction of sp³-hybridized carbons (Fsp3) is 0.0714. The molecule has 2 aromatic carbocycles. The summed E-state index contributed by atoms with van der Waals surface area (Å²) in [5.74, 6) is -0.924. The first-order valence-electron chi connectivity index (χ1n) is 5.28. The largest absolute Gasteiger partial charge is 0.292 e. The summed E-state index contributed by atoms with van der Waals surface area (Å²) in [6.45, 7) is 0. The molecule has 92 valence electrons. The molecular weight excluding hydrogens is 274 g/mol. The maximum Gasteiger partial charge on any atom is 0.186 e. The van der Waals surface area contributed by atoms with Crippen LogP contribution >= 0.6 is 23.2 Å². The molecule has 0 bridgehead atoms. The summed E-state index contributed by atoms with van der Waals surface area (Å²) >= 11 is 12.0. The molecule has 0 aromatic heterocycles. The van der Waals surface area contributed by atoms with Gasteiger partial charge in [-0.2, -0.15) is 0 Å². The number of rotatable bonds is 3. The van der Waals surface area contributed by atoms with E-state index in [1.165, 1.54) is 12.1 Å². The van der Waals surface area contributed by atoms with Crippen molar-refractivity contribution in [3.8, 4) is 0 Å². The smallest absolute Gasteiger partial charge is 0.186 e. The van der Waals surface area contributed by atoms with Gasteiger partial charge in [0.1, 0.15) is 11.2 Å². The molecule has 2 aromatic rings. The Labute approximate surface area is 114 Å². The van der Waals surface area contributed by atoms with Gasteiger partial charge in [-0.15, -0.1) is 11.6 Å². The maximum absolute atomic E-state index is 13.1. The Kier molecular flexibility index (Phi) is 4.00. The third kappa shape index (κ3) is 2.71. The van der Waals surface area contributed by atoms with E-state index in [1.807, 2.05) is 6.07 Å². The molecule has 1 nitrogen and oxygen atoms in total. The van der Waals surface area contributed by atoms with E-state index in [-0.39, 0.29) is 10.6 Å². The first-order chi connectivity index (χ1) is 8.59. The van der Waals surface area contributed by atoms with Gasteiger partial charge in [-0.3, -0.25) is 4.79 Å². The molecule has 0 amide bonds. The van der Waals surface area contributed by atoms with Crippen LogP contribution in [0.5, 0.6) is 0 Å². The Hall–Kier alpha value is -1.38. The molecule has 0 saturated heterocycles. The number of hydrogen-bond acceptors (Lipinski definition) is 1. The number of hydrogen-bond donors (Lipinski definition) is 0. The number of carbonyl (C=O) groups is 1. The molecule has 1 atom stereocenters. The van der Waals surface area contributed by atoms with E-state index in [4.69, 9.17) is 23.2 Å². The van der Waals surface area contributed by atoms with E-state index in [2.05, 4.69) is 0 Å². The van der Waals surface area contributed by atoms with Crippen molar-refractivity contribution >= 4 is 29.0 Å². The summed E-state index contributed by atoms with van der Waals surface area (Å²) < 4.78 is 13.1. The Morgan fingerprint density at radius 2 is 1.78 bits per heavy atom. The van der Waals surface area contributed by atoms with Crippen LogP contribution in [-0.4, -0.2) is 5.78 Å². The Morgan fingerprint density at radius 1 is 1.11 bits per heavy atom. The summed E-state index contributed by atoms with van der Waals surface area (Å²) in [4.78, 5) is 12.1. The van der Waals surface area contributed by atoms with Crippen LogP contribution in [-0.2, 0) is 0 Å². The van der Waals surface area contributed by atoms with Gasteiger partial charge in [0, 0.05) is 5.56 Å². The van der Waals surface area contributed by atoms with Crippen LogP contribution in [0.15, 0.2) is 48.5 Å². The van der Waals surface area contributed by atoms with E-state index in [1.54, 1.807) is 24.3 Å². The van der Waals surface area contributed by atoms with Crippen molar-refractivity contribution < 1.29 is 9.18 Å². The summed E-state index contributed by atoms with van der Waals surface area (Å²) in [6.07, 6.45) is 0. The van der Waals surface area contributed by atoms with Crippen molar-refractivity contribution in [3.05, 3.63) is 70.5 Å². The van der Waals surface area contributed by atoms with Gasteiger partial charge in [-0.25, -0.2) is 4.39 Å². The van der Waals surface area contributed by atoms with Gasteiger partial charge < -0.3 is 0 Å². The zero-order valence-electron chi connectivity index (χ0n) is 9.24. The van der Waals surface area contributed by atoms with Gasteiger partial charge in [0.05, 0.1) is 5.02 Å². The lowest BCUT2D eigenvalue weighted by atomic mass is 10.0. The van der Waals surface area contributed by atoms with Crippen LogP contribution in [0.4, 0.5) is 4.39 Å². The number of ketones is 1. The van der Waals surface area contributed by atoms with E-state index in [9.17, 15) is 9.18 Å². The molecule has 0 aliphatic rings. The minimum absolute atomic E-state index is 0.0977. The third-order valence-electron chi connectivity index (χ3n) is 2.52. The van der Waals surface area contributed by atoms with Crippen LogP contribution in [0.1, 0.15) is 21.3 Å². The van der Waals surface area contributed by atoms with Crippen LogP contribution in [0.25, 0.3) is 0 Å². The minimum atomic E-state index is -0.870. The SMILES string of the molecule is O=C(c1cc(F)ccc1Cl)C(Cl)c1ccccc1. The first-order valence-corrected chi connectivity index (χ1v) is 6.09. The van der Waals surface area contributed by atoms with Gasteiger partial charge >= 0.3 is 0 Å². The molecule has 0 radical (unpaired) electrons. The quantitative estimate of drug-likeness (QED) is 0.592. The average molecular weight is 283 g/mol. The van der Waals surface area contributed by atoms with Crippen molar-refractivity contribution in [1.82, 2.24) is 0 Å². The van der Waals surface area contributed by atoms with E-state index < -0.39 is 17.0 Å². The minimum Gasteiger partial charge on any atom is -0.292 e. The highest BCUT2D eigenvalue weighted by Gasteiger charge is 2.21. The van der Waals surface area contributed by atoms with Crippen molar-refractivity contribution in [3.63, 3.8) is 0 Å². The van der Waals surface area contributed by atoms with Gasteiger partial charge in [-0.05, 0) is 23.8 Å². The molecular formula is C14H9Cl2FO. The number of carbonyl (C=O) groups excluding carboxylic acids is 1. The molecule has 0 aliphatic carbocycles. The molecule has 0 heterocycles. The molecule has 4 heteroatoms. The van der Waals surface area contributed by atoms with E-state index in [0.29, 0.717) is 5.56 Å². The molecule has 0 aliphatic heterocycles. The number of alkyl halides is 1. The summed E-state index contributed by atoms with van der Waals surface area (Å²) in [5.41, 5.74) is 0.755. The summed E-state index contributed by atoms with van der Waals surface area (Å²) in [7, 11) is 0. The molecule has 0 spiro atoms. The molecule has 1 unspecified atom stereocenters. The number of Topliss-reactive ketones (excluding diaryl/α,β-unsaturated/α-hetero) is 1. The van der Waals surface area contributed by atoms with Crippen LogP contribution < -0.4 is 0 Å². The second kappa shape index (κ2) is 5.51.